The highest BCUT2D eigenvalue weighted by atomic mass is 16.5. The van der Waals surface area contributed by atoms with E-state index in [0.29, 0.717) is 5.92 Å². The van der Waals surface area contributed by atoms with Crippen LogP contribution in [0.25, 0.3) is 0 Å². The molecule has 2 rings (SSSR count). The summed E-state index contributed by atoms with van der Waals surface area (Å²) in [6.45, 7) is 14.5. The summed E-state index contributed by atoms with van der Waals surface area (Å²) in [6, 6.07) is 0. The molecule has 0 unspecified atom stereocenters. The second-order valence-electron chi connectivity index (χ2n) is 7.19. The quantitative estimate of drug-likeness (QED) is 0.334. The first-order valence-corrected chi connectivity index (χ1v) is 10.4. The van der Waals surface area contributed by atoms with Crippen molar-refractivity contribution in [1.82, 2.24) is 20.4 Å². The lowest BCUT2D eigenvalue weighted by Crippen LogP contribution is -2.49. The molecule has 2 saturated heterocycles. The standard InChI is InChI=1S/C19H39N5O2/c1-3-23-10-12-24(13-11-23)9-8-22-19(20-2)21-7-4-14-26-17-18-5-15-25-16-6-18/h18H,3-17H2,1-2H3,(H2,20,21,22). The highest BCUT2D eigenvalue weighted by Gasteiger charge is 2.15. The third-order valence-electron chi connectivity index (χ3n) is 5.31. The van der Waals surface area contributed by atoms with Gasteiger partial charge in [0.05, 0.1) is 0 Å². The van der Waals surface area contributed by atoms with Crippen LogP contribution in [0.2, 0.25) is 0 Å². The highest BCUT2D eigenvalue weighted by molar-refractivity contribution is 5.79. The number of rotatable bonds is 10. The van der Waals surface area contributed by atoms with Crippen molar-refractivity contribution >= 4 is 5.96 Å². The van der Waals surface area contributed by atoms with Crippen LogP contribution in [0.5, 0.6) is 0 Å². The van der Waals surface area contributed by atoms with Crippen molar-refractivity contribution in [3.63, 3.8) is 0 Å². The Balaban J connectivity index is 1.44. The number of aliphatic imine (C=N–C) groups is 1. The number of likely N-dealkylation sites (N-methyl/N-ethyl adjacent to an activating group) is 1. The predicted molar refractivity (Wildman–Crippen MR) is 107 cm³/mol. The fourth-order valence-electron chi connectivity index (χ4n) is 3.43. The first-order valence-electron chi connectivity index (χ1n) is 10.4. The van der Waals surface area contributed by atoms with Crippen molar-refractivity contribution in [2.24, 2.45) is 10.9 Å². The van der Waals surface area contributed by atoms with Crippen LogP contribution in [0.1, 0.15) is 26.2 Å². The molecular weight excluding hydrogens is 330 g/mol. The van der Waals surface area contributed by atoms with Crippen molar-refractivity contribution in [3.8, 4) is 0 Å². The van der Waals surface area contributed by atoms with Gasteiger partial charge >= 0.3 is 0 Å². The maximum Gasteiger partial charge on any atom is 0.191 e. The summed E-state index contributed by atoms with van der Waals surface area (Å²) in [6.07, 6.45) is 3.29. The molecule has 7 nitrogen and oxygen atoms in total. The molecule has 0 aromatic rings. The largest absolute Gasteiger partial charge is 0.381 e. The molecule has 0 aromatic heterocycles. The number of hydrogen-bond acceptors (Lipinski definition) is 5. The molecule has 7 heteroatoms. The zero-order valence-electron chi connectivity index (χ0n) is 16.8. The molecule has 0 atom stereocenters. The van der Waals surface area contributed by atoms with Crippen LogP contribution in [0.3, 0.4) is 0 Å². The SMILES string of the molecule is CCN1CCN(CCNC(=NC)NCCCOCC2CCOCC2)CC1. The number of guanidine groups is 1. The summed E-state index contributed by atoms with van der Waals surface area (Å²) in [5.41, 5.74) is 0. The molecule has 0 amide bonds. The van der Waals surface area contributed by atoms with Gasteiger partial charge in [0, 0.05) is 79.3 Å². The second kappa shape index (κ2) is 13.3. The molecule has 2 heterocycles. The summed E-state index contributed by atoms with van der Waals surface area (Å²) in [4.78, 5) is 9.33. The summed E-state index contributed by atoms with van der Waals surface area (Å²) < 4.78 is 11.2. The molecule has 0 saturated carbocycles. The van der Waals surface area contributed by atoms with Gasteiger partial charge in [-0.2, -0.15) is 0 Å². The first-order chi connectivity index (χ1) is 12.8. The Morgan fingerprint density at radius 1 is 1.08 bits per heavy atom. The van der Waals surface area contributed by atoms with Crippen molar-refractivity contribution in [3.05, 3.63) is 0 Å². The number of piperazine rings is 1. The van der Waals surface area contributed by atoms with E-state index in [4.69, 9.17) is 9.47 Å². The van der Waals surface area contributed by atoms with E-state index >= 15 is 0 Å². The minimum absolute atomic E-state index is 0.685. The fraction of sp³-hybridized carbons (Fsp3) is 0.947. The smallest absolute Gasteiger partial charge is 0.191 e. The Morgan fingerprint density at radius 3 is 2.46 bits per heavy atom. The van der Waals surface area contributed by atoms with E-state index < -0.39 is 0 Å². The summed E-state index contributed by atoms with van der Waals surface area (Å²) in [5, 5.41) is 6.79. The maximum absolute atomic E-state index is 5.80. The normalized spacial score (nSPS) is 21.1. The van der Waals surface area contributed by atoms with Crippen LogP contribution in [0, 0.1) is 5.92 Å². The molecule has 0 aromatic carbocycles. The first kappa shape index (κ1) is 21.4. The Hall–Kier alpha value is -0.890. The molecule has 26 heavy (non-hydrogen) atoms. The van der Waals surface area contributed by atoms with Gasteiger partial charge in [0.25, 0.3) is 0 Å². The summed E-state index contributed by atoms with van der Waals surface area (Å²) in [7, 11) is 1.83. The summed E-state index contributed by atoms with van der Waals surface area (Å²) in [5.74, 6) is 1.58. The van der Waals surface area contributed by atoms with Gasteiger partial charge in [0.2, 0.25) is 0 Å². The number of nitrogens with zero attached hydrogens (tertiary/aromatic N) is 3. The predicted octanol–water partition coefficient (Wildman–Crippen LogP) is 0.622. The average molecular weight is 370 g/mol. The van der Waals surface area contributed by atoms with E-state index in [2.05, 4.69) is 32.3 Å². The van der Waals surface area contributed by atoms with E-state index in [9.17, 15) is 0 Å². The molecule has 0 radical (unpaired) electrons. The molecule has 152 valence electrons. The van der Waals surface area contributed by atoms with Gasteiger partial charge in [-0.1, -0.05) is 6.92 Å². The number of nitrogens with one attached hydrogen (secondary N) is 2. The van der Waals surface area contributed by atoms with Gasteiger partial charge in [0.1, 0.15) is 0 Å². The van der Waals surface area contributed by atoms with Crippen molar-refractivity contribution < 1.29 is 9.47 Å². The summed E-state index contributed by atoms with van der Waals surface area (Å²) >= 11 is 0. The van der Waals surface area contributed by atoms with Crippen LogP contribution in [-0.2, 0) is 9.47 Å². The average Bonchev–Trinajstić information content (AvgIpc) is 2.70. The number of ether oxygens (including phenoxy) is 2. The maximum atomic E-state index is 5.80. The van der Waals surface area contributed by atoms with E-state index in [0.717, 1.165) is 71.3 Å². The molecule has 0 spiro atoms. The van der Waals surface area contributed by atoms with Crippen molar-refractivity contribution in [2.75, 3.05) is 85.8 Å². The van der Waals surface area contributed by atoms with Gasteiger partial charge in [-0.15, -0.1) is 0 Å². The van der Waals surface area contributed by atoms with Gasteiger partial charge in [-0.05, 0) is 31.7 Å². The zero-order valence-corrected chi connectivity index (χ0v) is 16.8. The van der Waals surface area contributed by atoms with Crippen LogP contribution in [0.4, 0.5) is 0 Å². The lowest BCUT2D eigenvalue weighted by Gasteiger charge is -2.34. The molecule has 2 aliphatic heterocycles. The van der Waals surface area contributed by atoms with Gasteiger partial charge in [0.15, 0.2) is 5.96 Å². The molecular formula is C19H39N5O2. The lowest BCUT2D eigenvalue weighted by atomic mass is 10.0. The monoisotopic (exact) mass is 369 g/mol. The van der Waals surface area contributed by atoms with Crippen molar-refractivity contribution in [2.45, 2.75) is 26.2 Å². The highest BCUT2D eigenvalue weighted by Crippen LogP contribution is 2.14. The van der Waals surface area contributed by atoms with E-state index in [1.165, 1.54) is 32.7 Å². The van der Waals surface area contributed by atoms with Crippen LogP contribution in [-0.4, -0.2) is 102 Å². The molecule has 2 aliphatic rings. The minimum Gasteiger partial charge on any atom is -0.381 e. The Bertz CT molecular complexity index is 380. The van der Waals surface area contributed by atoms with Crippen LogP contribution < -0.4 is 10.6 Å². The Kier molecular flexibility index (Phi) is 11.0. The third kappa shape index (κ3) is 8.66. The van der Waals surface area contributed by atoms with E-state index in [1.54, 1.807) is 0 Å². The molecule has 2 N–H and O–H groups in total. The van der Waals surface area contributed by atoms with E-state index in [1.807, 2.05) is 7.05 Å². The van der Waals surface area contributed by atoms with Gasteiger partial charge in [-0.25, -0.2) is 0 Å². The number of hydrogen-bond donors (Lipinski definition) is 2. The molecule has 2 fully saturated rings. The fourth-order valence-corrected chi connectivity index (χ4v) is 3.43. The third-order valence-corrected chi connectivity index (χ3v) is 5.31. The van der Waals surface area contributed by atoms with Crippen LogP contribution >= 0.6 is 0 Å². The second-order valence-corrected chi connectivity index (χ2v) is 7.19. The topological polar surface area (TPSA) is 61.4 Å². The van der Waals surface area contributed by atoms with E-state index in [-0.39, 0.29) is 0 Å². The molecule has 0 bridgehead atoms. The minimum atomic E-state index is 0.685. The van der Waals surface area contributed by atoms with Gasteiger partial charge < -0.3 is 25.0 Å². The van der Waals surface area contributed by atoms with Gasteiger partial charge in [-0.3, -0.25) is 9.89 Å². The molecule has 0 aliphatic carbocycles. The lowest BCUT2D eigenvalue weighted by molar-refractivity contribution is 0.0203. The van der Waals surface area contributed by atoms with Crippen LogP contribution in [0.15, 0.2) is 4.99 Å². The Labute approximate surface area is 159 Å². The zero-order chi connectivity index (χ0) is 18.5. The van der Waals surface area contributed by atoms with Crippen molar-refractivity contribution in [1.29, 1.82) is 0 Å². The Morgan fingerprint density at radius 2 is 1.77 bits per heavy atom.